The molecule has 148 valence electrons. The molecule has 0 saturated carbocycles. The molecule has 4 rings (SSSR count). The minimum absolute atomic E-state index is 0.119. The van der Waals surface area contributed by atoms with Gasteiger partial charge < -0.3 is 9.84 Å². The first-order valence-corrected chi connectivity index (χ1v) is 9.29. The number of aromatic nitrogens is 2. The van der Waals surface area contributed by atoms with Crippen LogP contribution in [0.4, 0.5) is 8.78 Å². The Bertz CT molecular complexity index is 1140. The Morgan fingerprint density at radius 2 is 1.90 bits per heavy atom. The van der Waals surface area contributed by atoms with Gasteiger partial charge in [0.15, 0.2) is 0 Å². The number of benzene rings is 3. The molecule has 1 heterocycles. The fourth-order valence-electron chi connectivity index (χ4n) is 3.32. The minimum Gasteiger partial charge on any atom is -0.490 e. The van der Waals surface area contributed by atoms with Crippen LogP contribution < -0.4 is 4.74 Å². The molecule has 6 heteroatoms. The molecule has 0 aliphatic heterocycles. The fourth-order valence-corrected chi connectivity index (χ4v) is 3.32. The van der Waals surface area contributed by atoms with Gasteiger partial charge in [0.1, 0.15) is 24.8 Å². The molecular formula is C23H20F2N2O2. The molecule has 0 bridgehead atoms. The first-order chi connectivity index (χ1) is 14.1. The summed E-state index contributed by atoms with van der Waals surface area (Å²) in [6, 6.07) is 17.0. The first-order valence-electron chi connectivity index (χ1n) is 9.29. The standard InChI is InChI=1S/C23H20F2N2O2/c1-15(28)14-29-22-4-2-3-17(12-24)23(22)16-5-10-21-18(11-16)13-26-27(21)20-8-6-19(25)7-9-20/h2-11,13,15,28H,12,14H2,1H3. The minimum atomic E-state index is -0.631. The monoisotopic (exact) mass is 394 g/mol. The molecule has 29 heavy (non-hydrogen) atoms. The molecule has 3 aromatic carbocycles. The van der Waals surface area contributed by atoms with Crippen LogP contribution in [0.1, 0.15) is 12.5 Å². The first kappa shape index (κ1) is 19.1. The molecule has 1 aromatic heterocycles. The van der Waals surface area contributed by atoms with Gasteiger partial charge in [-0.1, -0.05) is 18.2 Å². The van der Waals surface area contributed by atoms with Crippen molar-refractivity contribution in [3.63, 3.8) is 0 Å². The van der Waals surface area contributed by atoms with E-state index in [9.17, 15) is 13.9 Å². The van der Waals surface area contributed by atoms with Crippen LogP contribution in [0, 0.1) is 5.82 Å². The van der Waals surface area contributed by atoms with Crippen molar-refractivity contribution in [2.24, 2.45) is 0 Å². The van der Waals surface area contributed by atoms with E-state index in [0.717, 1.165) is 22.2 Å². The van der Waals surface area contributed by atoms with Crippen molar-refractivity contribution in [2.75, 3.05) is 6.61 Å². The Morgan fingerprint density at radius 3 is 2.62 bits per heavy atom. The van der Waals surface area contributed by atoms with Crippen molar-refractivity contribution in [3.8, 4) is 22.6 Å². The number of aliphatic hydroxyl groups is 1. The van der Waals surface area contributed by atoms with Crippen LogP contribution in [0.5, 0.6) is 5.75 Å². The zero-order chi connectivity index (χ0) is 20.4. The number of hydrogen-bond acceptors (Lipinski definition) is 3. The molecule has 0 saturated heterocycles. The van der Waals surface area contributed by atoms with Crippen LogP contribution in [0.2, 0.25) is 0 Å². The molecule has 0 aliphatic rings. The third-order valence-electron chi connectivity index (χ3n) is 4.66. The van der Waals surface area contributed by atoms with Crippen molar-refractivity contribution < 1.29 is 18.6 Å². The van der Waals surface area contributed by atoms with Crippen LogP contribution in [-0.4, -0.2) is 27.6 Å². The molecular weight excluding hydrogens is 374 g/mol. The highest BCUT2D eigenvalue weighted by molar-refractivity contribution is 5.87. The van der Waals surface area contributed by atoms with Crippen LogP contribution in [0.25, 0.3) is 27.7 Å². The predicted molar refractivity (Wildman–Crippen MR) is 108 cm³/mol. The van der Waals surface area contributed by atoms with E-state index in [1.807, 2.05) is 18.2 Å². The van der Waals surface area contributed by atoms with E-state index in [4.69, 9.17) is 4.74 Å². The Balaban J connectivity index is 1.78. The van der Waals surface area contributed by atoms with E-state index >= 15 is 0 Å². The summed E-state index contributed by atoms with van der Waals surface area (Å²) in [6.45, 7) is 1.12. The number of nitrogens with zero attached hydrogens (tertiary/aromatic N) is 2. The number of halogens is 2. The lowest BCUT2D eigenvalue weighted by atomic mass is 9.98. The van der Waals surface area contributed by atoms with E-state index in [-0.39, 0.29) is 12.4 Å². The van der Waals surface area contributed by atoms with Crippen molar-refractivity contribution in [1.82, 2.24) is 9.78 Å². The van der Waals surface area contributed by atoms with Crippen molar-refractivity contribution in [2.45, 2.75) is 19.7 Å². The summed E-state index contributed by atoms with van der Waals surface area (Å²) in [5, 5.41) is 14.8. The summed E-state index contributed by atoms with van der Waals surface area (Å²) in [6.07, 6.45) is 1.09. The summed E-state index contributed by atoms with van der Waals surface area (Å²) < 4.78 is 34.3. The molecule has 4 aromatic rings. The van der Waals surface area contributed by atoms with Crippen LogP contribution in [0.3, 0.4) is 0 Å². The lowest BCUT2D eigenvalue weighted by Crippen LogP contribution is -2.13. The zero-order valence-corrected chi connectivity index (χ0v) is 15.8. The van der Waals surface area contributed by atoms with E-state index in [0.29, 0.717) is 16.9 Å². The van der Waals surface area contributed by atoms with Gasteiger partial charge >= 0.3 is 0 Å². The van der Waals surface area contributed by atoms with E-state index in [1.54, 1.807) is 48.1 Å². The molecule has 0 fully saturated rings. The topological polar surface area (TPSA) is 47.3 Å². The zero-order valence-electron chi connectivity index (χ0n) is 15.8. The third kappa shape index (κ3) is 3.84. The van der Waals surface area contributed by atoms with Crippen LogP contribution in [0.15, 0.2) is 66.9 Å². The summed E-state index contributed by atoms with van der Waals surface area (Å²) in [4.78, 5) is 0. The van der Waals surface area contributed by atoms with E-state index < -0.39 is 12.8 Å². The highest BCUT2D eigenvalue weighted by Crippen LogP contribution is 2.36. The number of alkyl halides is 1. The fraction of sp³-hybridized carbons (Fsp3) is 0.174. The number of ether oxygens (including phenoxy) is 1. The van der Waals surface area contributed by atoms with Gasteiger partial charge in [-0.25, -0.2) is 13.5 Å². The maximum absolute atomic E-state index is 13.7. The molecule has 0 aliphatic carbocycles. The third-order valence-corrected chi connectivity index (χ3v) is 4.66. The van der Waals surface area contributed by atoms with Gasteiger partial charge in [0.25, 0.3) is 0 Å². The van der Waals surface area contributed by atoms with Gasteiger partial charge in [-0.3, -0.25) is 0 Å². The van der Waals surface area contributed by atoms with Crippen molar-refractivity contribution in [1.29, 1.82) is 0 Å². The van der Waals surface area contributed by atoms with Gasteiger partial charge in [-0.15, -0.1) is 0 Å². The second-order valence-corrected chi connectivity index (χ2v) is 6.89. The molecule has 0 spiro atoms. The summed E-state index contributed by atoms with van der Waals surface area (Å²) in [5.41, 5.74) is 3.57. The smallest absolute Gasteiger partial charge is 0.127 e. The second-order valence-electron chi connectivity index (χ2n) is 6.89. The van der Waals surface area contributed by atoms with E-state index in [1.165, 1.54) is 12.1 Å². The number of fused-ring (bicyclic) bond motifs is 1. The van der Waals surface area contributed by atoms with Gasteiger partial charge in [0, 0.05) is 10.9 Å². The summed E-state index contributed by atoms with van der Waals surface area (Å²) in [7, 11) is 0. The Morgan fingerprint density at radius 1 is 1.10 bits per heavy atom. The Labute approximate surface area is 167 Å². The van der Waals surface area contributed by atoms with Gasteiger partial charge in [0.05, 0.1) is 23.5 Å². The number of rotatable bonds is 6. The maximum Gasteiger partial charge on any atom is 0.127 e. The number of aliphatic hydroxyl groups excluding tert-OH is 1. The van der Waals surface area contributed by atoms with Gasteiger partial charge in [-0.05, 0) is 60.5 Å². The second kappa shape index (κ2) is 8.01. The Kier molecular flexibility index (Phi) is 5.27. The van der Waals surface area contributed by atoms with Crippen molar-refractivity contribution in [3.05, 3.63) is 78.2 Å². The Hall–Kier alpha value is -3.25. The molecule has 4 nitrogen and oxygen atoms in total. The lowest BCUT2D eigenvalue weighted by molar-refractivity contribution is 0.123. The largest absolute Gasteiger partial charge is 0.490 e. The maximum atomic E-state index is 13.7. The summed E-state index contributed by atoms with van der Waals surface area (Å²) in [5.74, 6) is 0.214. The molecule has 0 amide bonds. The molecule has 0 radical (unpaired) electrons. The van der Waals surface area contributed by atoms with Crippen LogP contribution >= 0.6 is 0 Å². The van der Waals surface area contributed by atoms with E-state index in [2.05, 4.69) is 5.10 Å². The average molecular weight is 394 g/mol. The normalized spacial score (nSPS) is 12.3. The van der Waals surface area contributed by atoms with Crippen LogP contribution in [-0.2, 0) is 6.67 Å². The summed E-state index contributed by atoms with van der Waals surface area (Å²) >= 11 is 0. The molecule has 1 unspecified atom stereocenters. The average Bonchev–Trinajstić information content (AvgIpc) is 3.15. The van der Waals surface area contributed by atoms with Gasteiger partial charge in [0.2, 0.25) is 0 Å². The van der Waals surface area contributed by atoms with Crippen molar-refractivity contribution >= 4 is 10.9 Å². The lowest BCUT2D eigenvalue weighted by Gasteiger charge is -2.16. The number of hydrogen-bond donors (Lipinski definition) is 1. The highest BCUT2D eigenvalue weighted by atomic mass is 19.1. The van der Waals surface area contributed by atoms with Gasteiger partial charge in [-0.2, -0.15) is 5.10 Å². The predicted octanol–water partition coefficient (Wildman–Crippen LogP) is 5.06. The molecule has 1 N–H and O–H groups in total. The quantitative estimate of drug-likeness (QED) is 0.497. The molecule has 1 atom stereocenters. The highest BCUT2D eigenvalue weighted by Gasteiger charge is 2.15. The SMILES string of the molecule is CC(O)COc1cccc(CF)c1-c1ccc2c(cnn2-c2ccc(F)cc2)c1.